The van der Waals surface area contributed by atoms with Gasteiger partial charge in [0.15, 0.2) is 0 Å². The molecule has 2 rings (SSSR count). The molecule has 0 bridgehead atoms. The number of nitrogens with zero attached hydrogens (tertiary/aromatic N) is 4. The number of anilines is 2. The minimum Gasteiger partial charge on any atom is -0.383 e. The minimum absolute atomic E-state index is 0.295. The number of rotatable bonds is 4. The lowest BCUT2D eigenvalue weighted by Crippen LogP contribution is -2.36. The number of hydrogen-bond acceptors (Lipinski definition) is 5. The topological polar surface area (TPSA) is 58.3 Å². The Bertz CT molecular complexity index is 478. The highest BCUT2D eigenvalue weighted by Crippen LogP contribution is 2.25. The summed E-state index contributed by atoms with van der Waals surface area (Å²) in [6.45, 7) is 9.65. The van der Waals surface area contributed by atoms with Gasteiger partial charge >= 0.3 is 0 Å². The van der Waals surface area contributed by atoms with E-state index in [4.69, 9.17) is 10.7 Å². The van der Waals surface area contributed by atoms with Crippen molar-refractivity contribution in [3.05, 3.63) is 11.4 Å². The predicted octanol–water partition coefficient (Wildman–Crippen LogP) is 2.27. The zero-order valence-corrected chi connectivity index (χ0v) is 14.1. The Morgan fingerprint density at radius 3 is 2.48 bits per heavy atom. The van der Waals surface area contributed by atoms with Crippen LogP contribution in [0.4, 0.5) is 11.6 Å². The van der Waals surface area contributed by atoms with Crippen LogP contribution in [0.2, 0.25) is 0 Å². The van der Waals surface area contributed by atoms with Crippen molar-refractivity contribution in [3.8, 4) is 0 Å². The van der Waals surface area contributed by atoms with Crippen LogP contribution in [0, 0.1) is 12.8 Å². The molecule has 5 heteroatoms. The SMILES string of the molecule is Cc1c(N)nc(C(C)C)nc1N(C)CC1CCN(C)CC1. The van der Waals surface area contributed by atoms with E-state index < -0.39 is 0 Å². The number of nitrogen functional groups attached to an aromatic ring is 1. The van der Waals surface area contributed by atoms with E-state index in [-0.39, 0.29) is 0 Å². The maximum atomic E-state index is 6.06. The first-order chi connectivity index (χ1) is 9.88. The number of likely N-dealkylation sites (tertiary alicyclic amines) is 1. The maximum absolute atomic E-state index is 6.06. The summed E-state index contributed by atoms with van der Waals surface area (Å²) in [7, 11) is 4.32. The molecule has 0 spiro atoms. The van der Waals surface area contributed by atoms with Crippen molar-refractivity contribution >= 4 is 11.6 Å². The van der Waals surface area contributed by atoms with Crippen LogP contribution in [0.25, 0.3) is 0 Å². The van der Waals surface area contributed by atoms with Crippen molar-refractivity contribution in [1.82, 2.24) is 14.9 Å². The quantitative estimate of drug-likeness (QED) is 0.922. The van der Waals surface area contributed by atoms with Crippen molar-refractivity contribution in [2.24, 2.45) is 5.92 Å². The van der Waals surface area contributed by atoms with Crippen LogP contribution < -0.4 is 10.6 Å². The normalized spacial score (nSPS) is 17.4. The number of hydrogen-bond donors (Lipinski definition) is 1. The van der Waals surface area contributed by atoms with Crippen LogP contribution >= 0.6 is 0 Å². The second-order valence-corrected chi connectivity index (χ2v) is 6.70. The highest BCUT2D eigenvalue weighted by atomic mass is 15.2. The second kappa shape index (κ2) is 6.60. The summed E-state index contributed by atoms with van der Waals surface area (Å²) in [5.74, 6) is 3.47. The highest BCUT2D eigenvalue weighted by molar-refractivity contribution is 5.56. The lowest BCUT2D eigenvalue weighted by molar-refractivity contribution is 0.222. The fourth-order valence-corrected chi connectivity index (χ4v) is 2.89. The molecule has 21 heavy (non-hydrogen) atoms. The van der Waals surface area contributed by atoms with E-state index in [0.29, 0.717) is 11.7 Å². The summed E-state index contributed by atoms with van der Waals surface area (Å²) in [5, 5.41) is 0. The first-order valence-electron chi connectivity index (χ1n) is 7.92. The van der Waals surface area contributed by atoms with Crippen LogP contribution in [-0.4, -0.2) is 48.6 Å². The molecule has 0 aliphatic carbocycles. The van der Waals surface area contributed by atoms with Crippen LogP contribution in [0.1, 0.15) is 44.0 Å². The van der Waals surface area contributed by atoms with Gasteiger partial charge in [0.05, 0.1) is 0 Å². The van der Waals surface area contributed by atoms with Crippen molar-refractivity contribution < 1.29 is 0 Å². The van der Waals surface area contributed by atoms with Crippen molar-refractivity contribution in [1.29, 1.82) is 0 Å². The Labute approximate surface area is 128 Å². The molecule has 2 N–H and O–H groups in total. The molecule has 1 aromatic rings. The molecular formula is C16H29N5. The summed E-state index contributed by atoms with van der Waals surface area (Å²) in [6, 6.07) is 0. The molecule has 118 valence electrons. The lowest BCUT2D eigenvalue weighted by atomic mass is 9.96. The summed E-state index contributed by atoms with van der Waals surface area (Å²) >= 11 is 0. The Morgan fingerprint density at radius 1 is 1.29 bits per heavy atom. The second-order valence-electron chi connectivity index (χ2n) is 6.70. The first-order valence-corrected chi connectivity index (χ1v) is 7.92. The van der Waals surface area contributed by atoms with Gasteiger partial charge in [0.2, 0.25) is 0 Å². The van der Waals surface area contributed by atoms with Crippen LogP contribution in [-0.2, 0) is 0 Å². The van der Waals surface area contributed by atoms with Crippen LogP contribution in [0.15, 0.2) is 0 Å². The smallest absolute Gasteiger partial charge is 0.137 e. The van der Waals surface area contributed by atoms with E-state index in [2.05, 4.69) is 42.7 Å². The molecule has 0 atom stereocenters. The Kier molecular flexibility index (Phi) is 5.04. The van der Waals surface area contributed by atoms with Crippen LogP contribution in [0.3, 0.4) is 0 Å². The highest BCUT2D eigenvalue weighted by Gasteiger charge is 2.21. The van der Waals surface area contributed by atoms with E-state index in [1.807, 2.05) is 6.92 Å². The molecule has 0 unspecified atom stereocenters. The molecular weight excluding hydrogens is 262 g/mol. The minimum atomic E-state index is 0.295. The third-order valence-corrected chi connectivity index (χ3v) is 4.42. The van der Waals surface area contributed by atoms with Gasteiger partial charge in [-0.2, -0.15) is 0 Å². The van der Waals surface area contributed by atoms with Gasteiger partial charge in [-0.05, 0) is 45.8 Å². The van der Waals surface area contributed by atoms with Crippen LogP contribution in [0.5, 0.6) is 0 Å². The maximum Gasteiger partial charge on any atom is 0.137 e. The summed E-state index contributed by atoms with van der Waals surface area (Å²) < 4.78 is 0. The molecule has 1 aliphatic rings. The van der Waals surface area contributed by atoms with Gasteiger partial charge < -0.3 is 15.5 Å². The molecule has 1 saturated heterocycles. The van der Waals surface area contributed by atoms with Crippen molar-refractivity contribution in [2.75, 3.05) is 44.4 Å². The lowest BCUT2D eigenvalue weighted by Gasteiger charge is -2.32. The molecule has 1 aliphatic heterocycles. The molecule has 0 saturated carbocycles. The molecule has 1 fully saturated rings. The van der Waals surface area contributed by atoms with Gasteiger partial charge in [-0.1, -0.05) is 13.8 Å². The Balaban J connectivity index is 2.12. The molecule has 2 heterocycles. The average molecular weight is 291 g/mol. The van der Waals surface area contributed by atoms with Gasteiger partial charge in [-0.15, -0.1) is 0 Å². The molecule has 0 amide bonds. The van der Waals surface area contributed by atoms with Gasteiger partial charge in [0.25, 0.3) is 0 Å². The van der Waals surface area contributed by atoms with Crippen molar-refractivity contribution in [2.45, 2.75) is 39.5 Å². The third-order valence-electron chi connectivity index (χ3n) is 4.42. The fraction of sp³-hybridized carbons (Fsp3) is 0.750. The van der Waals surface area contributed by atoms with E-state index in [1.54, 1.807) is 0 Å². The van der Waals surface area contributed by atoms with Gasteiger partial charge in [0.1, 0.15) is 17.5 Å². The Hall–Kier alpha value is -1.36. The van der Waals surface area contributed by atoms with Gasteiger partial charge in [-0.3, -0.25) is 0 Å². The molecule has 0 aromatic carbocycles. The fourth-order valence-electron chi connectivity index (χ4n) is 2.89. The third kappa shape index (κ3) is 3.84. The average Bonchev–Trinajstić information content (AvgIpc) is 2.43. The molecule has 1 aromatic heterocycles. The van der Waals surface area contributed by atoms with Gasteiger partial charge in [0, 0.05) is 25.1 Å². The standard InChI is InChI=1S/C16H29N5/c1-11(2)15-18-14(17)12(3)16(19-15)21(5)10-13-6-8-20(4)9-7-13/h11,13H,6-10H2,1-5H3,(H2,17,18,19). The van der Waals surface area contributed by atoms with E-state index in [9.17, 15) is 0 Å². The van der Waals surface area contributed by atoms with E-state index in [1.165, 1.54) is 25.9 Å². The Morgan fingerprint density at radius 2 is 1.90 bits per heavy atom. The van der Waals surface area contributed by atoms with Gasteiger partial charge in [-0.25, -0.2) is 9.97 Å². The number of aromatic nitrogens is 2. The zero-order valence-electron chi connectivity index (χ0n) is 14.1. The summed E-state index contributed by atoms with van der Waals surface area (Å²) in [4.78, 5) is 13.8. The molecule has 5 nitrogen and oxygen atoms in total. The van der Waals surface area contributed by atoms with Crippen molar-refractivity contribution in [3.63, 3.8) is 0 Å². The largest absolute Gasteiger partial charge is 0.383 e. The summed E-state index contributed by atoms with van der Waals surface area (Å²) in [6.07, 6.45) is 2.52. The monoisotopic (exact) mass is 291 g/mol. The first kappa shape index (κ1) is 16.0. The predicted molar refractivity (Wildman–Crippen MR) is 88.8 cm³/mol. The number of nitrogens with two attached hydrogens (primary N) is 1. The summed E-state index contributed by atoms with van der Waals surface area (Å²) in [5.41, 5.74) is 7.06. The number of piperidine rings is 1. The zero-order chi connectivity index (χ0) is 15.6. The van der Waals surface area contributed by atoms with E-state index >= 15 is 0 Å². The molecule has 0 radical (unpaired) electrons. The van der Waals surface area contributed by atoms with E-state index in [0.717, 1.165) is 29.7 Å².